The molecular weight excluding hydrogens is 484 g/mol. The molecule has 1 aliphatic heterocycles. The number of piperidine rings is 1. The number of sulfonamides is 1. The predicted molar refractivity (Wildman–Crippen MR) is 137 cm³/mol. The van der Waals surface area contributed by atoms with Gasteiger partial charge in [-0.2, -0.15) is 18.1 Å². The Bertz CT molecular complexity index is 1220. The molecule has 2 fully saturated rings. The van der Waals surface area contributed by atoms with Crippen LogP contribution in [0.2, 0.25) is 0 Å². The van der Waals surface area contributed by atoms with E-state index in [-0.39, 0.29) is 21.2 Å². The first-order chi connectivity index (χ1) is 16.7. The number of nitrogens with zero attached hydrogens (tertiary/aromatic N) is 4. The van der Waals surface area contributed by atoms with E-state index in [4.69, 9.17) is 5.26 Å². The highest BCUT2D eigenvalue weighted by atomic mass is 32.2. The Morgan fingerprint density at radius 2 is 1.97 bits per heavy atom. The zero-order valence-corrected chi connectivity index (χ0v) is 21.5. The van der Waals surface area contributed by atoms with Gasteiger partial charge in [-0.05, 0) is 68.8 Å². The van der Waals surface area contributed by atoms with Gasteiger partial charge in [-0.15, -0.1) is 0 Å². The van der Waals surface area contributed by atoms with Crippen molar-refractivity contribution < 1.29 is 13.2 Å². The fourth-order valence-electron chi connectivity index (χ4n) is 5.01. The zero-order chi connectivity index (χ0) is 25.0. The SMILES string of the molecule is CC(=O)Nc1nc(C)c(S(=O)(=O)N=CC2C3CCC2CN(CCCNc2ccc(C#N)cc2)C3)s1. The molecule has 1 aromatic carbocycles. The van der Waals surface area contributed by atoms with Crippen LogP contribution in [0.1, 0.15) is 37.4 Å². The van der Waals surface area contributed by atoms with Crippen molar-refractivity contribution in [2.45, 2.75) is 37.3 Å². The van der Waals surface area contributed by atoms with Gasteiger partial charge in [-0.25, -0.2) is 4.98 Å². The second-order valence-electron chi connectivity index (χ2n) is 9.21. The molecule has 2 heterocycles. The third-order valence-corrected chi connectivity index (χ3v) is 9.53. The summed E-state index contributed by atoms with van der Waals surface area (Å²) in [5.74, 6) is 0.703. The average molecular weight is 515 g/mol. The molecule has 2 bridgehead atoms. The quantitative estimate of drug-likeness (QED) is 0.387. The molecule has 1 aliphatic carbocycles. The first-order valence-corrected chi connectivity index (χ1v) is 14.0. The molecule has 9 nitrogen and oxygen atoms in total. The van der Waals surface area contributed by atoms with Crippen LogP contribution in [0.25, 0.3) is 0 Å². The number of thiazole rings is 1. The number of hydrogen-bond acceptors (Lipinski definition) is 8. The van der Waals surface area contributed by atoms with Gasteiger partial charge in [-0.3, -0.25) is 4.79 Å². The number of rotatable bonds is 9. The molecule has 2 atom stereocenters. The molecule has 1 saturated heterocycles. The van der Waals surface area contributed by atoms with E-state index in [1.165, 1.54) is 6.92 Å². The number of carbonyl (C=O) groups is 1. The van der Waals surface area contributed by atoms with Crippen molar-refractivity contribution in [3.63, 3.8) is 0 Å². The van der Waals surface area contributed by atoms with Crippen molar-refractivity contribution in [3.8, 4) is 6.07 Å². The van der Waals surface area contributed by atoms with Crippen LogP contribution in [-0.4, -0.2) is 56.6 Å². The summed E-state index contributed by atoms with van der Waals surface area (Å²) in [6, 6.07) is 9.59. The van der Waals surface area contributed by atoms with Gasteiger partial charge < -0.3 is 15.5 Å². The summed E-state index contributed by atoms with van der Waals surface area (Å²) in [6.07, 6.45) is 4.84. The van der Waals surface area contributed by atoms with Crippen molar-refractivity contribution in [2.75, 3.05) is 36.8 Å². The second kappa shape index (κ2) is 10.8. The van der Waals surface area contributed by atoms with Gasteiger partial charge in [-0.1, -0.05) is 11.3 Å². The second-order valence-corrected chi connectivity index (χ2v) is 12.0. The van der Waals surface area contributed by atoms with Gasteiger partial charge in [0, 0.05) is 44.4 Å². The maximum Gasteiger partial charge on any atom is 0.293 e. The Kier molecular flexibility index (Phi) is 7.84. The minimum Gasteiger partial charge on any atom is -0.385 e. The molecule has 186 valence electrons. The summed E-state index contributed by atoms with van der Waals surface area (Å²) in [7, 11) is -3.85. The summed E-state index contributed by atoms with van der Waals surface area (Å²) < 4.78 is 29.8. The molecule has 35 heavy (non-hydrogen) atoms. The van der Waals surface area contributed by atoms with Gasteiger partial charge in [0.05, 0.1) is 17.3 Å². The molecule has 1 amide bonds. The summed E-state index contributed by atoms with van der Waals surface area (Å²) in [5.41, 5.74) is 2.02. The molecular formula is C24H30N6O3S2. The number of aromatic nitrogens is 1. The number of carbonyl (C=O) groups excluding carboxylic acids is 1. The Balaban J connectivity index is 1.29. The normalized spacial score (nSPS) is 22.3. The Morgan fingerprint density at radius 1 is 1.29 bits per heavy atom. The molecule has 2 N–H and O–H groups in total. The average Bonchev–Trinajstić information content (AvgIpc) is 3.30. The number of anilines is 2. The number of benzene rings is 1. The fourth-order valence-corrected chi connectivity index (χ4v) is 7.36. The minimum absolute atomic E-state index is 0.0806. The first kappa shape index (κ1) is 25.3. The lowest BCUT2D eigenvalue weighted by molar-refractivity contribution is -0.114. The van der Waals surface area contributed by atoms with Crippen LogP contribution >= 0.6 is 11.3 Å². The summed E-state index contributed by atoms with van der Waals surface area (Å²) in [4.78, 5) is 17.9. The highest BCUT2D eigenvalue weighted by Crippen LogP contribution is 2.41. The fraction of sp³-hybridized carbons (Fsp3) is 0.500. The lowest BCUT2D eigenvalue weighted by Gasteiger charge is -2.36. The van der Waals surface area contributed by atoms with E-state index in [1.54, 1.807) is 13.1 Å². The number of hydrogen-bond donors (Lipinski definition) is 2. The van der Waals surface area contributed by atoms with Crippen LogP contribution < -0.4 is 10.6 Å². The Morgan fingerprint density at radius 3 is 2.60 bits per heavy atom. The molecule has 1 saturated carbocycles. The topological polar surface area (TPSA) is 128 Å². The highest BCUT2D eigenvalue weighted by molar-refractivity contribution is 7.92. The predicted octanol–water partition coefficient (Wildman–Crippen LogP) is 3.50. The third-order valence-electron chi connectivity index (χ3n) is 6.62. The number of aryl methyl sites for hydroxylation is 1. The molecule has 4 rings (SSSR count). The lowest BCUT2D eigenvalue weighted by Crippen LogP contribution is -2.43. The summed E-state index contributed by atoms with van der Waals surface area (Å²) >= 11 is 0.937. The standard InChI is InChI=1S/C24H30N6O3S2/c1-16-23(34-24(28-16)29-17(2)31)35(32,33)27-13-22-19-6-7-20(22)15-30(14-19)11-3-10-26-21-8-4-18(12-25)5-9-21/h4-5,8-9,13,19-20,22,26H,3,6-7,10-11,14-15H2,1-2H3,(H,28,29,31). The Labute approximate surface area is 210 Å². The number of nitrogens with one attached hydrogen (secondary N) is 2. The highest BCUT2D eigenvalue weighted by Gasteiger charge is 2.41. The number of nitriles is 1. The largest absolute Gasteiger partial charge is 0.385 e. The maximum atomic E-state index is 12.8. The van der Waals surface area contributed by atoms with Crippen molar-refractivity contribution in [1.29, 1.82) is 5.26 Å². The van der Waals surface area contributed by atoms with E-state index < -0.39 is 10.0 Å². The van der Waals surface area contributed by atoms with Crippen molar-refractivity contribution >= 4 is 44.3 Å². The zero-order valence-electron chi connectivity index (χ0n) is 19.9. The lowest BCUT2D eigenvalue weighted by atomic mass is 9.86. The molecule has 2 aromatic rings. The first-order valence-electron chi connectivity index (χ1n) is 11.8. The molecule has 2 aliphatic rings. The summed E-state index contributed by atoms with van der Waals surface area (Å²) in [6.45, 7) is 6.73. The van der Waals surface area contributed by atoms with E-state index in [2.05, 4.69) is 31.0 Å². The van der Waals surface area contributed by atoms with Crippen LogP contribution in [0, 0.1) is 36.0 Å². The molecule has 11 heteroatoms. The van der Waals surface area contributed by atoms with Gasteiger partial charge in [0.2, 0.25) is 5.91 Å². The van der Waals surface area contributed by atoms with Crippen molar-refractivity contribution in [3.05, 3.63) is 35.5 Å². The van der Waals surface area contributed by atoms with Crippen LogP contribution in [0.4, 0.5) is 10.8 Å². The summed E-state index contributed by atoms with van der Waals surface area (Å²) in [5, 5.41) is 15.1. The van der Waals surface area contributed by atoms with E-state index in [0.29, 0.717) is 23.1 Å². The van der Waals surface area contributed by atoms with Gasteiger partial charge in [0.25, 0.3) is 10.0 Å². The smallest absolute Gasteiger partial charge is 0.293 e. The Hall–Kier alpha value is -2.81. The van der Waals surface area contributed by atoms with E-state index in [1.807, 2.05) is 24.3 Å². The maximum absolute atomic E-state index is 12.8. The van der Waals surface area contributed by atoms with Crippen LogP contribution in [0.3, 0.4) is 0 Å². The molecule has 0 spiro atoms. The van der Waals surface area contributed by atoms with E-state index in [9.17, 15) is 13.2 Å². The van der Waals surface area contributed by atoms with E-state index in [0.717, 1.165) is 62.5 Å². The van der Waals surface area contributed by atoms with Crippen molar-refractivity contribution in [2.24, 2.45) is 22.2 Å². The van der Waals surface area contributed by atoms with Crippen molar-refractivity contribution in [1.82, 2.24) is 9.88 Å². The number of fused-ring (bicyclic) bond motifs is 2. The minimum atomic E-state index is -3.85. The van der Waals surface area contributed by atoms with Crippen LogP contribution in [-0.2, 0) is 14.8 Å². The number of amides is 1. The molecule has 0 radical (unpaired) electrons. The van der Waals surface area contributed by atoms with Gasteiger partial charge in [0.1, 0.15) is 0 Å². The van der Waals surface area contributed by atoms with Gasteiger partial charge >= 0.3 is 0 Å². The molecule has 1 aromatic heterocycles. The van der Waals surface area contributed by atoms with Crippen LogP contribution in [0.15, 0.2) is 32.9 Å². The third kappa shape index (κ3) is 6.25. The van der Waals surface area contributed by atoms with Crippen LogP contribution in [0.5, 0.6) is 0 Å². The number of likely N-dealkylation sites (tertiary alicyclic amines) is 1. The van der Waals surface area contributed by atoms with E-state index >= 15 is 0 Å². The monoisotopic (exact) mass is 514 g/mol. The molecule has 2 unspecified atom stereocenters. The van der Waals surface area contributed by atoms with Gasteiger partial charge in [0.15, 0.2) is 9.34 Å².